The Kier molecular flexibility index (Phi) is 9.29. The number of aliphatic imine (C=N–C) groups is 1. The van der Waals surface area contributed by atoms with E-state index >= 15 is 0 Å². The molecule has 0 bridgehead atoms. The first-order chi connectivity index (χ1) is 12.6. The van der Waals surface area contributed by atoms with Gasteiger partial charge in [0.1, 0.15) is 12.4 Å². The molecule has 0 spiro atoms. The molecule has 1 fully saturated rings. The van der Waals surface area contributed by atoms with Gasteiger partial charge in [0.2, 0.25) is 0 Å². The molecule has 1 aromatic heterocycles. The smallest absolute Gasteiger partial charge is 0.191 e. The molecule has 2 N–H and O–H groups in total. The third kappa shape index (κ3) is 6.82. The van der Waals surface area contributed by atoms with Gasteiger partial charge in [-0.15, -0.1) is 10.2 Å². The number of rotatable bonds is 9. The lowest BCUT2D eigenvalue weighted by atomic mass is 9.83. The second kappa shape index (κ2) is 11.5. The third-order valence-corrected chi connectivity index (χ3v) is 5.96. The van der Waals surface area contributed by atoms with Gasteiger partial charge in [-0.3, -0.25) is 0 Å². The first-order valence-electron chi connectivity index (χ1n) is 10.0. The van der Waals surface area contributed by atoms with E-state index in [9.17, 15) is 0 Å². The van der Waals surface area contributed by atoms with Crippen molar-refractivity contribution >= 4 is 17.7 Å². The van der Waals surface area contributed by atoms with Crippen LogP contribution in [0.2, 0.25) is 0 Å². The summed E-state index contributed by atoms with van der Waals surface area (Å²) in [5.41, 5.74) is 0. The number of hydrogen-bond donors (Lipinski definition) is 2. The van der Waals surface area contributed by atoms with E-state index in [1.807, 2.05) is 30.3 Å². The van der Waals surface area contributed by atoms with Crippen LogP contribution in [0.15, 0.2) is 4.99 Å². The van der Waals surface area contributed by atoms with E-state index in [2.05, 4.69) is 34.0 Å². The van der Waals surface area contributed by atoms with Crippen LogP contribution in [0.1, 0.15) is 63.5 Å². The first-order valence-corrected chi connectivity index (χ1v) is 11.4. The second-order valence-corrected chi connectivity index (χ2v) is 8.30. The molecule has 2 rings (SSSR count). The summed E-state index contributed by atoms with van der Waals surface area (Å²) in [7, 11) is 1.99. The molecule has 0 aliphatic heterocycles. The average molecular weight is 381 g/mol. The summed E-state index contributed by atoms with van der Waals surface area (Å²) in [6, 6.07) is 0.538. The van der Waals surface area contributed by atoms with E-state index in [1.54, 1.807) is 0 Å². The van der Waals surface area contributed by atoms with Crippen molar-refractivity contribution in [3.63, 3.8) is 0 Å². The molecule has 0 amide bonds. The number of aromatic nitrogens is 3. The fraction of sp³-hybridized carbons (Fsp3) is 0.842. The van der Waals surface area contributed by atoms with Crippen LogP contribution in [0.5, 0.6) is 0 Å². The van der Waals surface area contributed by atoms with E-state index in [1.165, 1.54) is 44.3 Å². The van der Waals surface area contributed by atoms with Crippen LogP contribution in [-0.2, 0) is 13.6 Å². The Labute approximate surface area is 163 Å². The maximum atomic E-state index is 4.78. The molecule has 1 saturated carbocycles. The normalized spacial score (nSPS) is 21.0. The predicted octanol–water partition coefficient (Wildman–Crippen LogP) is 3.27. The van der Waals surface area contributed by atoms with Gasteiger partial charge in [0, 0.05) is 19.6 Å². The lowest BCUT2D eigenvalue weighted by molar-refractivity contribution is 0.295. The number of hydrogen-bond acceptors (Lipinski definition) is 4. The molecule has 0 unspecified atom stereocenters. The Morgan fingerprint density at radius 2 is 2.04 bits per heavy atom. The van der Waals surface area contributed by atoms with Gasteiger partial charge in [-0.05, 0) is 57.0 Å². The summed E-state index contributed by atoms with van der Waals surface area (Å²) in [6.45, 7) is 5.77. The summed E-state index contributed by atoms with van der Waals surface area (Å²) in [5, 5.41) is 15.5. The molecule has 1 aliphatic rings. The Bertz CT molecular complexity index is 548. The Morgan fingerprint density at radius 1 is 1.27 bits per heavy atom. The SMILES string of the molecule is CCCC1CCC(NC(=NCc2nnc(C)n2C)NCCCSC)CC1. The fourth-order valence-corrected chi connectivity index (χ4v) is 3.94. The minimum Gasteiger partial charge on any atom is -0.356 e. The molecule has 1 aliphatic carbocycles. The molecule has 26 heavy (non-hydrogen) atoms. The van der Waals surface area contributed by atoms with Crippen LogP contribution in [0, 0.1) is 12.8 Å². The van der Waals surface area contributed by atoms with E-state index in [4.69, 9.17) is 4.99 Å². The van der Waals surface area contributed by atoms with Crippen molar-refractivity contribution in [2.75, 3.05) is 18.6 Å². The number of nitrogens with zero attached hydrogens (tertiary/aromatic N) is 4. The van der Waals surface area contributed by atoms with Crippen molar-refractivity contribution < 1.29 is 0 Å². The van der Waals surface area contributed by atoms with Crippen molar-refractivity contribution in [3.05, 3.63) is 11.6 Å². The van der Waals surface area contributed by atoms with Crippen molar-refractivity contribution in [2.45, 2.75) is 71.4 Å². The highest BCUT2D eigenvalue weighted by molar-refractivity contribution is 7.98. The van der Waals surface area contributed by atoms with Crippen LogP contribution < -0.4 is 10.6 Å². The summed E-state index contributed by atoms with van der Waals surface area (Å²) in [6.07, 6.45) is 11.2. The molecule has 0 radical (unpaired) electrons. The molecule has 6 nitrogen and oxygen atoms in total. The average Bonchev–Trinajstić information content (AvgIpc) is 2.97. The van der Waals surface area contributed by atoms with Gasteiger partial charge in [0.05, 0.1) is 0 Å². The topological polar surface area (TPSA) is 67.1 Å². The van der Waals surface area contributed by atoms with Gasteiger partial charge in [0.25, 0.3) is 0 Å². The number of guanidine groups is 1. The lowest BCUT2D eigenvalue weighted by Gasteiger charge is -2.30. The van der Waals surface area contributed by atoms with E-state index in [0.717, 1.165) is 36.5 Å². The zero-order chi connectivity index (χ0) is 18.8. The Balaban J connectivity index is 1.90. The molecule has 1 heterocycles. The van der Waals surface area contributed by atoms with Crippen molar-refractivity contribution in [1.82, 2.24) is 25.4 Å². The zero-order valence-corrected chi connectivity index (χ0v) is 17.7. The van der Waals surface area contributed by atoms with Gasteiger partial charge in [0.15, 0.2) is 11.8 Å². The van der Waals surface area contributed by atoms with Gasteiger partial charge in [-0.25, -0.2) is 4.99 Å². The van der Waals surface area contributed by atoms with Crippen LogP contribution in [-0.4, -0.2) is 45.3 Å². The molecule has 0 aromatic carbocycles. The number of thioether (sulfide) groups is 1. The highest BCUT2D eigenvalue weighted by Gasteiger charge is 2.21. The van der Waals surface area contributed by atoms with E-state index < -0.39 is 0 Å². The zero-order valence-electron chi connectivity index (χ0n) is 16.9. The van der Waals surface area contributed by atoms with E-state index in [-0.39, 0.29) is 0 Å². The standard InChI is InChI=1S/C19H36N6S/c1-5-7-16-8-10-17(11-9-16)22-19(20-12-6-13-26-4)21-14-18-24-23-15(2)25(18)3/h16-17H,5-14H2,1-4H3,(H2,20,21,22). The van der Waals surface area contributed by atoms with Crippen LogP contribution in [0.3, 0.4) is 0 Å². The quantitative estimate of drug-likeness (QED) is 0.391. The van der Waals surface area contributed by atoms with Gasteiger partial charge < -0.3 is 15.2 Å². The molecule has 7 heteroatoms. The molecule has 148 valence electrons. The Hall–Kier alpha value is -1.24. The summed E-state index contributed by atoms with van der Waals surface area (Å²) in [4.78, 5) is 4.78. The molecular weight excluding hydrogens is 344 g/mol. The molecule has 0 saturated heterocycles. The maximum Gasteiger partial charge on any atom is 0.191 e. The molecule has 1 aromatic rings. The molecule has 0 atom stereocenters. The monoisotopic (exact) mass is 380 g/mol. The summed E-state index contributed by atoms with van der Waals surface area (Å²) < 4.78 is 2.00. The highest BCUT2D eigenvalue weighted by Crippen LogP contribution is 2.27. The number of aryl methyl sites for hydroxylation is 1. The Morgan fingerprint density at radius 3 is 2.65 bits per heavy atom. The second-order valence-electron chi connectivity index (χ2n) is 7.31. The fourth-order valence-electron chi connectivity index (χ4n) is 3.51. The van der Waals surface area contributed by atoms with Gasteiger partial charge in [-0.2, -0.15) is 11.8 Å². The van der Waals surface area contributed by atoms with Crippen molar-refractivity contribution in [3.8, 4) is 0 Å². The van der Waals surface area contributed by atoms with Crippen LogP contribution in [0.4, 0.5) is 0 Å². The van der Waals surface area contributed by atoms with Gasteiger partial charge in [-0.1, -0.05) is 19.8 Å². The van der Waals surface area contributed by atoms with Crippen LogP contribution >= 0.6 is 11.8 Å². The van der Waals surface area contributed by atoms with E-state index in [0.29, 0.717) is 12.6 Å². The highest BCUT2D eigenvalue weighted by atomic mass is 32.2. The predicted molar refractivity (Wildman–Crippen MR) is 112 cm³/mol. The van der Waals surface area contributed by atoms with Gasteiger partial charge >= 0.3 is 0 Å². The number of nitrogens with one attached hydrogen (secondary N) is 2. The first kappa shape index (κ1) is 21.1. The molecular formula is C19H36N6S. The summed E-state index contributed by atoms with van der Waals surface area (Å²) >= 11 is 1.89. The third-order valence-electron chi connectivity index (χ3n) is 5.26. The largest absolute Gasteiger partial charge is 0.356 e. The van der Waals surface area contributed by atoms with Crippen LogP contribution in [0.25, 0.3) is 0 Å². The maximum absolute atomic E-state index is 4.78. The van der Waals surface area contributed by atoms with Crippen molar-refractivity contribution in [2.24, 2.45) is 18.0 Å². The minimum absolute atomic E-state index is 0.538. The summed E-state index contributed by atoms with van der Waals surface area (Å²) in [5.74, 6) is 4.84. The van der Waals surface area contributed by atoms with Crippen molar-refractivity contribution in [1.29, 1.82) is 0 Å². The minimum atomic E-state index is 0.538. The lowest BCUT2D eigenvalue weighted by Crippen LogP contribution is -2.45.